The second kappa shape index (κ2) is 16.2. The van der Waals surface area contributed by atoms with Gasteiger partial charge in [0.1, 0.15) is 0 Å². The van der Waals surface area contributed by atoms with Gasteiger partial charge in [-0.25, -0.2) is 0 Å². The van der Waals surface area contributed by atoms with E-state index in [2.05, 4.69) is 267 Å². The van der Waals surface area contributed by atoms with E-state index in [-0.39, 0.29) is 28.5 Å². The summed E-state index contributed by atoms with van der Waals surface area (Å²) in [5.41, 5.74) is 20.2. The summed E-state index contributed by atoms with van der Waals surface area (Å²) in [6, 6.07) is 66.4. The summed E-state index contributed by atoms with van der Waals surface area (Å²) in [6.45, 7) is 27.9. The predicted octanol–water partition coefficient (Wildman–Crippen LogP) is 19.4. The van der Waals surface area contributed by atoms with Crippen LogP contribution in [0.15, 0.2) is 170 Å². The van der Waals surface area contributed by atoms with Gasteiger partial charge < -0.3 is 14.3 Å². The highest BCUT2D eigenvalue weighted by atomic mass is 32.1. The van der Waals surface area contributed by atoms with Crippen LogP contribution >= 0.6 is 22.7 Å². The normalized spacial score (nSPS) is 13.7. The van der Waals surface area contributed by atoms with Crippen LogP contribution in [0.5, 0.6) is 0 Å². The molecule has 0 N–H and O–H groups in total. The summed E-state index contributed by atoms with van der Waals surface area (Å²) >= 11 is 3.81. The molecule has 0 saturated carbocycles. The van der Waals surface area contributed by atoms with Crippen molar-refractivity contribution >= 4 is 131 Å². The van der Waals surface area contributed by atoms with Gasteiger partial charge in [-0.3, -0.25) is 0 Å². The molecule has 2 aliphatic rings. The fourth-order valence-electron chi connectivity index (χ4n) is 12.7. The molecule has 76 heavy (non-hydrogen) atoms. The number of fused-ring (bicyclic) bond motifs is 14. The number of aromatic nitrogens is 1. The van der Waals surface area contributed by atoms with Crippen molar-refractivity contribution in [3.05, 3.63) is 192 Å². The van der Waals surface area contributed by atoms with E-state index in [1.165, 1.54) is 124 Å². The molecule has 0 saturated heterocycles. The van der Waals surface area contributed by atoms with Crippen LogP contribution in [0.25, 0.3) is 79.0 Å². The Morgan fingerprint density at radius 2 is 0.934 bits per heavy atom. The van der Waals surface area contributed by atoms with Crippen LogP contribution in [0.3, 0.4) is 0 Å². The molecule has 374 valence electrons. The summed E-state index contributed by atoms with van der Waals surface area (Å²) in [5, 5.41) is 7.88. The molecule has 12 aromatic rings. The van der Waals surface area contributed by atoms with E-state index in [4.69, 9.17) is 0 Å². The molecule has 0 radical (unpaired) electrons. The van der Waals surface area contributed by atoms with Crippen molar-refractivity contribution in [3.8, 4) is 16.8 Å². The molecule has 0 bridgehead atoms. The van der Waals surface area contributed by atoms with Gasteiger partial charge in [0, 0.05) is 90.8 Å². The van der Waals surface area contributed by atoms with Crippen LogP contribution in [0, 0.1) is 0 Å². The van der Waals surface area contributed by atoms with Gasteiger partial charge in [0.15, 0.2) is 0 Å². The summed E-state index contributed by atoms with van der Waals surface area (Å²) in [5.74, 6) is 0. The minimum absolute atomic E-state index is 0.0145. The van der Waals surface area contributed by atoms with Gasteiger partial charge in [-0.15, -0.1) is 22.7 Å². The highest BCUT2D eigenvalue weighted by Crippen LogP contribution is 2.54. The molecule has 0 fully saturated rings. The minimum atomic E-state index is -0.160. The van der Waals surface area contributed by atoms with Gasteiger partial charge in [0.2, 0.25) is 0 Å². The summed E-state index contributed by atoms with van der Waals surface area (Å²) in [7, 11) is 0. The number of anilines is 5. The molecule has 0 unspecified atom stereocenters. The first-order valence-corrected chi connectivity index (χ1v) is 28.8. The van der Waals surface area contributed by atoms with Gasteiger partial charge in [-0.1, -0.05) is 162 Å². The number of hydrogen-bond donors (Lipinski definition) is 0. The number of thiophene rings is 2. The third-order valence-electron chi connectivity index (χ3n) is 16.8. The maximum atomic E-state index is 2.78. The number of nitrogens with zero attached hydrogens (tertiary/aromatic N) is 3. The summed E-state index contributed by atoms with van der Waals surface area (Å²) < 4.78 is 7.91. The fraction of sp³-hybridized carbons (Fsp3) is 0.229. The van der Waals surface area contributed by atoms with Crippen LogP contribution in [0.4, 0.5) is 28.4 Å². The predicted molar refractivity (Wildman–Crippen MR) is 335 cm³/mol. The molecule has 0 spiro atoms. The lowest BCUT2D eigenvalue weighted by atomic mass is 9.43. The first-order valence-electron chi connectivity index (χ1n) is 27.2. The van der Waals surface area contributed by atoms with Crippen molar-refractivity contribution < 1.29 is 0 Å². The first-order chi connectivity index (χ1) is 36.2. The van der Waals surface area contributed by atoms with E-state index in [1.807, 2.05) is 22.7 Å². The Hall–Kier alpha value is -7.12. The smallest absolute Gasteiger partial charge is 0.333 e. The Morgan fingerprint density at radius 1 is 0.395 bits per heavy atom. The molecule has 0 amide bonds. The van der Waals surface area contributed by atoms with E-state index in [0.29, 0.717) is 0 Å². The van der Waals surface area contributed by atoms with E-state index >= 15 is 0 Å². The van der Waals surface area contributed by atoms with Crippen molar-refractivity contribution in [3.63, 3.8) is 0 Å². The Balaban J connectivity index is 1.18. The lowest BCUT2D eigenvalue weighted by Crippen LogP contribution is -2.61. The lowest BCUT2D eigenvalue weighted by Gasteiger charge is -2.43. The molecule has 3 aromatic heterocycles. The quantitative estimate of drug-likeness (QED) is 0.163. The van der Waals surface area contributed by atoms with E-state index in [1.54, 1.807) is 0 Å². The number of rotatable bonds is 4. The standard InChI is InChI=1S/C70H64BN3S2/c1-67(2,3)41-24-29-45(30-25-41)72(46-31-26-42(27-32-46)68(4,5)6)47-39-52-63-56(34-35-61-64(63)49-19-14-16-22-59(49)76-61)74(55-20-17-23-60-62(55)48-18-13-15-21-58(48)75-60)71-53-38-44(70(10,11)12)37-51-50-36-43(69(7,8)9)28-33-54(50)73(66(51)53)57(40-47)65(52)71/h13-40H,1-12H3. The van der Waals surface area contributed by atoms with Crippen molar-refractivity contribution in [2.75, 3.05) is 9.71 Å². The Bertz CT molecular complexity index is 4330. The van der Waals surface area contributed by atoms with Crippen LogP contribution in [0.1, 0.15) is 105 Å². The van der Waals surface area contributed by atoms with E-state index in [0.717, 1.165) is 17.1 Å². The van der Waals surface area contributed by atoms with Gasteiger partial charge in [0.25, 0.3) is 0 Å². The second-order valence-corrected chi connectivity index (χ2v) is 28.0. The second-order valence-electron chi connectivity index (χ2n) is 25.8. The zero-order valence-corrected chi connectivity index (χ0v) is 47.5. The van der Waals surface area contributed by atoms with Crippen LogP contribution < -0.4 is 20.6 Å². The topological polar surface area (TPSA) is 11.4 Å². The Morgan fingerprint density at radius 3 is 1.54 bits per heavy atom. The highest BCUT2D eigenvalue weighted by Gasteiger charge is 2.46. The largest absolute Gasteiger partial charge is 0.376 e. The summed E-state index contributed by atoms with van der Waals surface area (Å²) in [6.07, 6.45) is 0. The van der Waals surface area contributed by atoms with Crippen molar-refractivity contribution in [2.45, 2.75) is 105 Å². The molecular weight excluding hydrogens is 958 g/mol. The van der Waals surface area contributed by atoms with Crippen LogP contribution in [-0.4, -0.2) is 11.4 Å². The van der Waals surface area contributed by atoms with Crippen LogP contribution in [0.2, 0.25) is 0 Å². The SMILES string of the molecule is CC(C)(C)c1ccc(N(c2ccc(C(C)(C)C)cc2)c2cc3c4c(c2)-n2c5ccc(C(C)(C)C)cc5c5cc(C(C)(C)C)cc(c52)B4N(c2cccc4sc5ccccc5c24)c2ccc4sc5ccccc5c4c2-3)cc1. The maximum Gasteiger partial charge on any atom is 0.333 e. The van der Waals surface area contributed by atoms with E-state index in [9.17, 15) is 0 Å². The molecule has 14 rings (SSSR count). The fourth-order valence-corrected chi connectivity index (χ4v) is 14.9. The van der Waals surface area contributed by atoms with Gasteiger partial charge in [-0.05, 0) is 151 Å². The molecule has 9 aromatic carbocycles. The zero-order chi connectivity index (χ0) is 52.5. The lowest BCUT2D eigenvalue weighted by molar-refractivity contribution is 0.590. The molecule has 6 heteroatoms. The molecule has 3 nitrogen and oxygen atoms in total. The first kappa shape index (κ1) is 47.3. The maximum absolute atomic E-state index is 2.78. The Kier molecular flexibility index (Phi) is 10.1. The van der Waals surface area contributed by atoms with Crippen LogP contribution in [-0.2, 0) is 21.7 Å². The highest BCUT2D eigenvalue weighted by molar-refractivity contribution is 7.26. The molecule has 2 aliphatic heterocycles. The van der Waals surface area contributed by atoms with Gasteiger partial charge in [0.05, 0.1) is 11.0 Å². The molecule has 5 heterocycles. The van der Waals surface area contributed by atoms with Gasteiger partial charge in [-0.2, -0.15) is 0 Å². The Labute approximate surface area is 456 Å². The molecular formula is C70H64BN3S2. The molecule has 0 atom stereocenters. The summed E-state index contributed by atoms with van der Waals surface area (Å²) in [4.78, 5) is 5.31. The van der Waals surface area contributed by atoms with Crippen molar-refractivity contribution in [1.29, 1.82) is 0 Å². The van der Waals surface area contributed by atoms with Gasteiger partial charge >= 0.3 is 6.85 Å². The minimum Gasteiger partial charge on any atom is -0.376 e. The molecule has 0 aliphatic carbocycles. The zero-order valence-electron chi connectivity index (χ0n) is 45.9. The van der Waals surface area contributed by atoms with Crippen molar-refractivity contribution in [2.24, 2.45) is 0 Å². The van der Waals surface area contributed by atoms with Crippen molar-refractivity contribution in [1.82, 2.24) is 4.57 Å². The average molecular weight is 1020 g/mol. The average Bonchev–Trinajstić information content (AvgIpc) is 4.22. The monoisotopic (exact) mass is 1020 g/mol. The third kappa shape index (κ3) is 7.05. The number of hydrogen-bond acceptors (Lipinski definition) is 4. The third-order valence-corrected chi connectivity index (χ3v) is 19.0. The number of benzene rings is 9. The van der Waals surface area contributed by atoms with E-state index < -0.39 is 0 Å².